The molecule has 1 aliphatic rings. The lowest BCUT2D eigenvalue weighted by atomic mass is 9.86. The zero-order valence-corrected chi connectivity index (χ0v) is 8.34. The van der Waals surface area contributed by atoms with Crippen LogP contribution < -0.4 is 0 Å². The van der Waals surface area contributed by atoms with Crippen molar-refractivity contribution in [1.29, 1.82) is 0 Å². The van der Waals surface area contributed by atoms with Gasteiger partial charge in [0.25, 0.3) is 0 Å². The maximum absolute atomic E-state index is 4.16. The van der Waals surface area contributed by atoms with E-state index in [4.69, 9.17) is 0 Å². The first kappa shape index (κ1) is 9.57. The first-order chi connectivity index (χ1) is 5.69. The van der Waals surface area contributed by atoms with E-state index in [0.29, 0.717) is 5.92 Å². The molecular weight excluding hydrogens is 144 g/mol. The largest absolute Gasteiger partial charge is 0.103 e. The SMILES string of the molecule is C=CC(CC)C1CC(C)CC1=C. The summed E-state index contributed by atoms with van der Waals surface area (Å²) in [5.41, 5.74) is 1.45. The highest BCUT2D eigenvalue weighted by Crippen LogP contribution is 2.40. The zero-order chi connectivity index (χ0) is 9.14. The second kappa shape index (κ2) is 3.93. The van der Waals surface area contributed by atoms with Crippen molar-refractivity contribution in [3.8, 4) is 0 Å². The fourth-order valence-corrected chi connectivity index (χ4v) is 2.38. The minimum atomic E-state index is 0.669. The Morgan fingerprint density at radius 1 is 1.67 bits per heavy atom. The van der Waals surface area contributed by atoms with Crippen molar-refractivity contribution in [2.24, 2.45) is 17.8 Å². The lowest BCUT2D eigenvalue weighted by Crippen LogP contribution is -2.09. The molecule has 3 atom stereocenters. The van der Waals surface area contributed by atoms with Crippen LogP contribution in [-0.4, -0.2) is 0 Å². The predicted molar refractivity (Wildman–Crippen MR) is 55.0 cm³/mol. The van der Waals surface area contributed by atoms with E-state index in [-0.39, 0.29) is 0 Å². The molecule has 0 bridgehead atoms. The molecule has 1 fully saturated rings. The molecule has 0 N–H and O–H groups in total. The Kier molecular flexibility index (Phi) is 3.13. The number of hydrogen-bond donors (Lipinski definition) is 0. The molecule has 0 saturated heterocycles. The minimum absolute atomic E-state index is 0.669. The van der Waals surface area contributed by atoms with Crippen LogP contribution >= 0.6 is 0 Å². The highest BCUT2D eigenvalue weighted by Gasteiger charge is 2.28. The molecule has 0 spiro atoms. The van der Waals surface area contributed by atoms with Crippen LogP contribution in [-0.2, 0) is 0 Å². The smallest absolute Gasteiger partial charge is 0.0140 e. The third-order valence-electron chi connectivity index (χ3n) is 3.08. The maximum Gasteiger partial charge on any atom is -0.0140 e. The van der Waals surface area contributed by atoms with Crippen LogP contribution in [0.1, 0.15) is 33.1 Å². The van der Waals surface area contributed by atoms with Gasteiger partial charge in [0.2, 0.25) is 0 Å². The third kappa shape index (κ3) is 1.80. The van der Waals surface area contributed by atoms with Crippen LogP contribution in [0.2, 0.25) is 0 Å². The van der Waals surface area contributed by atoms with Crippen molar-refractivity contribution in [3.05, 3.63) is 24.8 Å². The van der Waals surface area contributed by atoms with E-state index in [2.05, 4.69) is 33.1 Å². The summed E-state index contributed by atoms with van der Waals surface area (Å²) in [5.74, 6) is 2.24. The molecular formula is C12H20. The van der Waals surface area contributed by atoms with Crippen molar-refractivity contribution >= 4 is 0 Å². The molecule has 12 heavy (non-hydrogen) atoms. The Morgan fingerprint density at radius 2 is 2.33 bits per heavy atom. The van der Waals surface area contributed by atoms with E-state index < -0.39 is 0 Å². The molecule has 3 unspecified atom stereocenters. The second-order valence-electron chi connectivity index (χ2n) is 4.12. The molecule has 0 aromatic heterocycles. The summed E-state index contributed by atoms with van der Waals surface area (Å²) in [6.45, 7) is 12.6. The van der Waals surface area contributed by atoms with Gasteiger partial charge in [0, 0.05) is 0 Å². The molecule has 0 heteroatoms. The monoisotopic (exact) mass is 164 g/mol. The lowest BCUT2D eigenvalue weighted by Gasteiger charge is -2.19. The molecule has 0 aromatic carbocycles. The average Bonchev–Trinajstić information content (AvgIpc) is 2.34. The fraction of sp³-hybridized carbons (Fsp3) is 0.667. The van der Waals surface area contributed by atoms with Crippen molar-refractivity contribution in [2.75, 3.05) is 0 Å². The average molecular weight is 164 g/mol. The molecule has 1 rings (SSSR count). The van der Waals surface area contributed by atoms with E-state index in [1.54, 1.807) is 0 Å². The zero-order valence-electron chi connectivity index (χ0n) is 8.34. The van der Waals surface area contributed by atoms with Gasteiger partial charge in [0.1, 0.15) is 0 Å². The Balaban J connectivity index is 2.62. The molecule has 0 radical (unpaired) electrons. The molecule has 0 nitrogen and oxygen atoms in total. The Bertz CT molecular complexity index is 178. The highest BCUT2D eigenvalue weighted by atomic mass is 14.3. The quantitative estimate of drug-likeness (QED) is 0.556. The van der Waals surface area contributed by atoms with Crippen molar-refractivity contribution < 1.29 is 0 Å². The maximum atomic E-state index is 4.16. The first-order valence-corrected chi connectivity index (χ1v) is 4.99. The van der Waals surface area contributed by atoms with Gasteiger partial charge in [-0.3, -0.25) is 0 Å². The van der Waals surface area contributed by atoms with Gasteiger partial charge in [-0.15, -0.1) is 6.58 Å². The first-order valence-electron chi connectivity index (χ1n) is 4.99. The topological polar surface area (TPSA) is 0 Å². The normalized spacial score (nSPS) is 32.0. The summed E-state index contributed by atoms with van der Waals surface area (Å²) in [4.78, 5) is 0. The van der Waals surface area contributed by atoms with Crippen molar-refractivity contribution in [3.63, 3.8) is 0 Å². The molecule has 0 aliphatic heterocycles. The van der Waals surface area contributed by atoms with E-state index in [1.807, 2.05) is 0 Å². The number of hydrogen-bond acceptors (Lipinski definition) is 0. The summed E-state index contributed by atoms with van der Waals surface area (Å²) in [6, 6.07) is 0. The highest BCUT2D eigenvalue weighted by molar-refractivity contribution is 5.11. The van der Waals surface area contributed by atoms with Crippen LogP contribution in [0.4, 0.5) is 0 Å². The van der Waals surface area contributed by atoms with E-state index in [1.165, 1.54) is 24.8 Å². The number of allylic oxidation sites excluding steroid dienone is 2. The van der Waals surface area contributed by atoms with Gasteiger partial charge >= 0.3 is 0 Å². The predicted octanol–water partition coefficient (Wildman–Crippen LogP) is 3.80. The van der Waals surface area contributed by atoms with Crippen LogP contribution in [0.25, 0.3) is 0 Å². The van der Waals surface area contributed by atoms with Gasteiger partial charge in [0.15, 0.2) is 0 Å². The van der Waals surface area contributed by atoms with E-state index in [9.17, 15) is 0 Å². The van der Waals surface area contributed by atoms with Crippen LogP contribution in [0.3, 0.4) is 0 Å². The second-order valence-corrected chi connectivity index (χ2v) is 4.12. The van der Waals surface area contributed by atoms with Gasteiger partial charge in [0.05, 0.1) is 0 Å². The van der Waals surface area contributed by atoms with Crippen molar-refractivity contribution in [1.82, 2.24) is 0 Å². The third-order valence-corrected chi connectivity index (χ3v) is 3.08. The summed E-state index contributed by atoms with van der Waals surface area (Å²) in [6.07, 6.45) is 5.87. The van der Waals surface area contributed by atoms with Gasteiger partial charge in [-0.25, -0.2) is 0 Å². The van der Waals surface area contributed by atoms with Crippen LogP contribution in [0.15, 0.2) is 24.8 Å². The number of rotatable bonds is 3. The van der Waals surface area contributed by atoms with Gasteiger partial charge in [-0.05, 0) is 37.0 Å². The molecule has 68 valence electrons. The van der Waals surface area contributed by atoms with Gasteiger partial charge in [-0.1, -0.05) is 32.1 Å². The molecule has 0 amide bonds. The summed E-state index contributed by atoms with van der Waals surface area (Å²) >= 11 is 0. The summed E-state index contributed by atoms with van der Waals surface area (Å²) < 4.78 is 0. The van der Waals surface area contributed by atoms with E-state index in [0.717, 1.165) is 11.8 Å². The van der Waals surface area contributed by atoms with E-state index >= 15 is 0 Å². The molecule has 1 aliphatic carbocycles. The van der Waals surface area contributed by atoms with Gasteiger partial charge < -0.3 is 0 Å². The Labute approximate surface area is 76.4 Å². The van der Waals surface area contributed by atoms with Crippen molar-refractivity contribution in [2.45, 2.75) is 33.1 Å². The summed E-state index contributed by atoms with van der Waals surface area (Å²) in [7, 11) is 0. The molecule has 0 heterocycles. The minimum Gasteiger partial charge on any atom is -0.103 e. The Morgan fingerprint density at radius 3 is 2.67 bits per heavy atom. The molecule has 0 aromatic rings. The van der Waals surface area contributed by atoms with Crippen LogP contribution in [0, 0.1) is 17.8 Å². The standard InChI is InChI=1S/C12H20/c1-5-11(6-2)12-8-9(3)7-10(12)4/h5,9,11-12H,1,4,6-8H2,2-3H3. The lowest BCUT2D eigenvalue weighted by molar-refractivity contribution is 0.422. The van der Waals surface area contributed by atoms with Crippen LogP contribution in [0.5, 0.6) is 0 Å². The summed E-state index contributed by atoms with van der Waals surface area (Å²) in [5, 5.41) is 0. The Hall–Kier alpha value is -0.520. The fourth-order valence-electron chi connectivity index (χ4n) is 2.38. The van der Waals surface area contributed by atoms with Gasteiger partial charge in [-0.2, -0.15) is 0 Å². The molecule has 1 saturated carbocycles.